The summed E-state index contributed by atoms with van der Waals surface area (Å²) in [5.41, 5.74) is -5.21. The zero-order valence-corrected chi connectivity index (χ0v) is 18.6. The minimum Gasteiger partial charge on any atom is -0.465 e. The van der Waals surface area contributed by atoms with Gasteiger partial charge >= 0.3 is 27.8 Å². The van der Waals surface area contributed by atoms with Gasteiger partial charge in [-0.1, -0.05) is 24.3 Å². The van der Waals surface area contributed by atoms with E-state index in [0.29, 0.717) is 11.1 Å². The third-order valence-corrected chi connectivity index (χ3v) is 7.04. The van der Waals surface area contributed by atoms with E-state index in [2.05, 4.69) is 8.92 Å². The van der Waals surface area contributed by atoms with Crippen molar-refractivity contribution < 1.29 is 48.5 Å². The van der Waals surface area contributed by atoms with Crippen LogP contribution < -0.4 is 4.18 Å². The molecule has 0 aromatic heterocycles. The molecule has 0 unspecified atom stereocenters. The summed E-state index contributed by atoms with van der Waals surface area (Å²) in [4.78, 5) is 11.7. The van der Waals surface area contributed by atoms with Gasteiger partial charge in [0.2, 0.25) is 0 Å². The molecule has 5 nitrogen and oxygen atoms in total. The normalized spacial score (nSPS) is 21.7. The second kappa shape index (κ2) is 9.12. The van der Waals surface area contributed by atoms with Gasteiger partial charge < -0.3 is 8.92 Å². The van der Waals surface area contributed by atoms with Crippen LogP contribution in [-0.4, -0.2) is 33.2 Å². The third kappa shape index (κ3) is 5.16. The fourth-order valence-electron chi connectivity index (χ4n) is 4.23. The lowest BCUT2D eigenvalue weighted by Crippen LogP contribution is -2.37. The SMILES string of the molecule is COC(=O)c1ccc(C2(c3ccc(OS(=O)(=O)C(F)(F)F)cc3)CCC(C(F)(F)F)CC2)cc1. The fraction of sp³-hybridized carbons (Fsp3) is 0.409. The molecule has 1 aliphatic rings. The predicted molar refractivity (Wildman–Crippen MR) is 109 cm³/mol. The third-order valence-electron chi connectivity index (χ3n) is 6.06. The van der Waals surface area contributed by atoms with Gasteiger partial charge in [-0.05, 0) is 61.1 Å². The Bertz CT molecular complexity index is 1110. The highest BCUT2D eigenvalue weighted by Crippen LogP contribution is 2.50. The van der Waals surface area contributed by atoms with Crippen LogP contribution in [0.1, 0.15) is 47.2 Å². The molecule has 34 heavy (non-hydrogen) atoms. The first-order valence-corrected chi connectivity index (χ1v) is 11.5. The van der Waals surface area contributed by atoms with E-state index >= 15 is 0 Å². The van der Waals surface area contributed by atoms with Gasteiger partial charge in [0, 0.05) is 5.41 Å². The van der Waals surface area contributed by atoms with Gasteiger partial charge in [-0.3, -0.25) is 0 Å². The summed E-state index contributed by atoms with van der Waals surface area (Å²) < 4.78 is 109. The largest absolute Gasteiger partial charge is 0.534 e. The van der Waals surface area contributed by atoms with E-state index in [1.54, 1.807) is 12.1 Å². The number of esters is 1. The highest BCUT2D eigenvalue weighted by Gasteiger charge is 2.49. The van der Waals surface area contributed by atoms with Crippen molar-refractivity contribution in [3.05, 3.63) is 65.2 Å². The van der Waals surface area contributed by atoms with Crippen molar-refractivity contribution in [2.75, 3.05) is 7.11 Å². The van der Waals surface area contributed by atoms with E-state index in [0.717, 1.165) is 12.1 Å². The van der Waals surface area contributed by atoms with Crippen LogP contribution in [0.25, 0.3) is 0 Å². The molecule has 0 spiro atoms. The maximum Gasteiger partial charge on any atom is 0.534 e. The molecule has 0 heterocycles. The second-order valence-corrected chi connectivity index (χ2v) is 9.51. The number of hydrogen-bond donors (Lipinski definition) is 0. The van der Waals surface area contributed by atoms with Gasteiger partial charge in [-0.25, -0.2) is 4.79 Å². The van der Waals surface area contributed by atoms with E-state index in [4.69, 9.17) is 0 Å². The molecule has 0 N–H and O–H groups in total. The van der Waals surface area contributed by atoms with Gasteiger partial charge in [0.25, 0.3) is 0 Å². The Morgan fingerprint density at radius 3 is 1.76 bits per heavy atom. The number of rotatable bonds is 5. The topological polar surface area (TPSA) is 69.7 Å². The average molecular weight is 510 g/mol. The van der Waals surface area contributed by atoms with Gasteiger partial charge in [0.1, 0.15) is 5.75 Å². The minimum atomic E-state index is -5.86. The van der Waals surface area contributed by atoms with Gasteiger partial charge in [0.05, 0.1) is 18.6 Å². The Morgan fingerprint density at radius 2 is 1.35 bits per heavy atom. The maximum absolute atomic E-state index is 13.3. The number of ether oxygens (including phenoxy) is 1. The first-order chi connectivity index (χ1) is 15.7. The smallest absolute Gasteiger partial charge is 0.465 e. The number of alkyl halides is 6. The zero-order chi connectivity index (χ0) is 25.4. The van der Waals surface area contributed by atoms with Crippen molar-refractivity contribution in [3.63, 3.8) is 0 Å². The molecule has 0 radical (unpaired) electrons. The predicted octanol–water partition coefficient (Wildman–Crippen LogP) is 5.74. The molecule has 3 rings (SSSR count). The molecular weight excluding hydrogens is 490 g/mol. The number of methoxy groups -OCH3 is 1. The molecule has 0 amide bonds. The Morgan fingerprint density at radius 1 is 0.882 bits per heavy atom. The molecule has 12 heteroatoms. The summed E-state index contributed by atoms with van der Waals surface area (Å²) in [6.07, 6.45) is -4.55. The van der Waals surface area contributed by atoms with E-state index in [9.17, 15) is 39.6 Å². The Balaban J connectivity index is 1.97. The summed E-state index contributed by atoms with van der Waals surface area (Å²) in [6.45, 7) is 0. The summed E-state index contributed by atoms with van der Waals surface area (Å²) in [5, 5.41) is 0. The van der Waals surface area contributed by atoms with Crippen LogP contribution in [0.5, 0.6) is 5.75 Å². The highest BCUT2D eigenvalue weighted by atomic mass is 32.2. The molecule has 0 aliphatic heterocycles. The fourth-order valence-corrected chi connectivity index (χ4v) is 4.69. The molecule has 1 saturated carbocycles. The number of hydrogen-bond acceptors (Lipinski definition) is 5. The van der Waals surface area contributed by atoms with E-state index in [1.165, 1.54) is 31.4 Å². The zero-order valence-electron chi connectivity index (χ0n) is 17.7. The average Bonchev–Trinajstić information content (AvgIpc) is 2.77. The summed E-state index contributed by atoms with van der Waals surface area (Å²) in [7, 11) is -4.66. The van der Waals surface area contributed by atoms with E-state index in [-0.39, 0.29) is 31.2 Å². The Kier molecular flexibility index (Phi) is 6.94. The lowest BCUT2D eigenvalue weighted by atomic mass is 9.63. The summed E-state index contributed by atoms with van der Waals surface area (Å²) in [6, 6.07) is 10.9. The summed E-state index contributed by atoms with van der Waals surface area (Å²) >= 11 is 0. The molecular formula is C22H20F6O5S. The lowest BCUT2D eigenvalue weighted by molar-refractivity contribution is -0.184. The number of carbonyl (C=O) groups excluding carboxylic acids is 1. The van der Waals surface area contributed by atoms with Crippen molar-refractivity contribution in [2.45, 2.75) is 42.8 Å². The second-order valence-electron chi connectivity index (χ2n) is 7.97. The number of benzene rings is 2. The molecule has 0 saturated heterocycles. The van der Waals surface area contributed by atoms with Crippen molar-refractivity contribution in [2.24, 2.45) is 5.92 Å². The van der Waals surface area contributed by atoms with Crippen LogP contribution >= 0.6 is 0 Å². The molecule has 0 bridgehead atoms. The molecule has 2 aromatic carbocycles. The molecule has 1 fully saturated rings. The van der Waals surface area contributed by atoms with E-state index < -0.39 is 44.9 Å². The van der Waals surface area contributed by atoms with Gasteiger partial charge in [-0.2, -0.15) is 34.8 Å². The standard InChI is InChI=1S/C22H20F6O5S/c1-32-19(29)14-2-4-15(5-3-14)20(12-10-17(11-13-20)21(23,24)25)16-6-8-18(9-7-16)33-34(30,31)22(26,27)28/h2-9,17H,10-13H2,1H3. The van der Waals surface area contributed by atoms with Crippen molar-refractivity contribution in [1.82, 2.24) is 0 Å². The lowest BCUT2D eigenvalue weighted by Gasteiger charge is -2.42. The van der Waals surface area contributed by atoms with Crippen LogP contribution in [0.15, 0.2) is 48.5 Å². The van der Waals surface area contributed by atoms with Crippen molar-refractivity contribution in [1.29, 1.82) is 0 Å². The molecule has 0 atom stereocenters. The molecule has 1 aliphatic carbocycles. The van der Waals surface area contributed by atoms with Gasteiger partial charge in [0.15, 0.2) is 0 Å². The maximum atomic E-state index is 13.3. The first-order valence-electron chi connectivity index (χ1n) is 10.1. The summed E-state index contributed by atoms with van der Waals surface area (Å²) in [5.74, 6) is -2.66. The highest BCUT2D eigenvalue weighted by molar-refractivity contribution is 7.88. The van der Waals surface area contributed by atoms with Crippen molar-refractivity contribution >= 4 is 16.1 Å². The molecule has 186 valence electrons. The Labute approximate surface area is 191 Å². The Hall–Kier alpha value is -2.76. The number of carbonyl (C=O) groups is 1. The van der Waals surface area contributed by atoms with Crippen molar-refractivity contribution in [3.8, 4) is 5.75 Å². The van der Waals surface area contributed by atoms with Crippen LogP contribution in [0, 0.1) is 5.92 Å². The first kappa shape index (κ1) is 25.9. The molecule has 2 aromatic rings. The minimum absolute atomic E-state index is 0.0792. The number of halogens is 6. The van der Waals surface area contributed by atoms with Gasteiger partial charge in [-0.15, -0.1) is 0 Å². The van der Waals surface area contributed by atoms with Crippen LogP contribution in [0.4, 0.5) is 26.3 Å². The van der Waals surface area contributed by atoms with Crippen LogP contribution in [0.2, 0.25) is 0 Å². The monoisotopic (exact) mass is 510 g/mol. The van der Waals surface area contributed by atoms with Crippen LogP contribution in [0.3, 0.4) is 0 Å². The quantitative estimate of drug-likeness (QED) is 0.222. The van der Waals surface area contributed by atoms with E-state index in [1.807, 2.05) is 0 Å². The van der Waals surface area contributed by atoms with Crippen LogP contribution in [-0.2, 0) is 20.3 Å².